The van der Waals surface area contributed by atoms with E-state index in [-0.39, 0.29) is 134 Å². The van der Waals surface area contributed by atoms with Crippen LogP contribution in [0.5, 0.6) is 0 Å². The molecule has 0 aliphatic carbocycles. The Bertz CT molecular complexity index is 1660. The van der Waals surface area contributed by atoms with E-state index in [0.717, 1.165) is 38.4 Å². The van der Waals surface area contributed by atoms with Gasteiger partial charge < -0.3 is 46.6 Å². The van der Waals surface area contributed by atoms with Crippen molar-refractivity contribution >= 4 is 34.9 Å². The number of rotatable bonds is 5. The van der Waals surface area contributed by atoms with Crippen LogP contribution >= 0.6 is 0 Å². The Kier molecular flexibility index (Phi) is 28.4. The molecule has 3 aromatic carbocycles. The summed E-state index contributed by atoms with van der Waals surface area (Å²) in [6.07, 6.45) is 0. The van der Waals surface area contributed by atoms with E-state index in [2.05, 4.69) is 17.1 Å². The number of morpholine rings is 3. The summed E-state index contributed by atoms with van der Waals surface area (Å²) in [4.78, 5) is 34.2. The SMILES string of the molecule is C[C@@H]1COCCN1.C[C@@H]1COCCN1c1ccc(N)cc1F.C[C@@H]1COCCN1c1ccc([N+](=O)[O-])cc1F.O=CO[O-].O=[N+]([O-])c1ccc(F)c(F)c1.[H-].[K+].[K+]. The van der Waals surface area contributed by atoms with Crippen LogP contribution in [0.4, 0.5) is 46.0 Å². The zero-order valence-corrected chi connectivity index (χ0v) is 38.1. The van der Waals surface area contributed by atoms with Crippen LogP contribution in [0.2, 0.25) is 0 Å². The number of nitrogens with one attached hydrogen (secondary N) is 1. The standard InChI is InChI=1S/C11H13FN2O3.C11H15FN2O.C6H3F2NO2.C5H11NO.CH2O3.2K.H/c1-8-7-17-5-4-13(8)11-3-2-9(14(15)16)6-10(11)12;1-8-7-15-5-4-14(8)11-3-2-9(13)6-10(11)12;7-5-2-1-4(9(10)11)3-6(5)8;1-5-4-7-3-2-6-5;2-1-4-3;;;/h2-3,6,8H,4-5,7H2,1H3;2-3,6,8H,4-5,7,13H2,1H3;1-3H;5-6H,2-4H2,1H3;1,3H;;;/q;;;;;2*+1;-1/p-1/t2*8-;;5-;;;;/m11.1..../s1. The van der Waals surface area contributed by atoms with Crippen molar-refractivity contribution in [2.75, 3.05) is 74.8 Å². The average Bonchev–Trinajstić information content (AvgIpc) is 3.15. The van der Waals surface area contributed by atoms with Crippen LogP contribution in [0.1, 0.15) is 22.2 Å². The van der Waals surface area contributed by atoms with E-state index in [1.54, 1.807) is 12.1 Å². The Morgan fingerprint density at radius 3 is 1.55 bits per heavy atom. The van der Waals surface area contributed by atoms with Crippen LogP contribution in [-0.2, 0) is 23.9 Å². The molecule has 56 heavy (non-hydrogen) atoms. The first kappa shape index (κ1) is 54.1. The maximum atomic E-state index is 13.8. The quantitative estimate of drug-likeness (QED) is 0.0543. The van der Waals surface area contributed by atoms with Gasteiger partial charge >= 0.3 is 103 Å². The Balaban J connectivity index is 0. The number of nitrogen functional groups attached to an aromatic ring is 1. The number of nitro benzene ring substituents is 2. The zero-order chi connectivity index (χ0) is 40.2. The van der Waals surface area contributed by atoms with Crippen molar-refractivity contribution in [2.24, 2.45) is 0 Å². The molecule has 0 bridgehead atoms. The first-order valence-corrected chi connectivity index (χ1v) is 16.5. The molecule has 3 aromatic rings. The number of nitro groups is 2. The fourth-order valence-electron chi connectivity index (χ4n) is 5.06. The molecule has 0 amide bonds. The first-order chi connectivity index (χ1) is 25.7. The number of nitrogens with two attached hydrogens (primary N) is 1. The van der Waals surface area contributed by atoms with Gasteiger partial charge in [0, 0.05) is 55.6 Å². The molecule has 3 aliphatic heterocycles. The number of anilines is 3. The summed E-state index contributed by atoms with van der Waals surface area (Å²) in [6.45, 7) is 12.4. The zero-order valence-electron chi connectivity index (χ0n) is 32.8. The van der Waals surface area contributed by atoms with Crippen molar-refractivity contribution in [3.8, 4) is 0 Å². The Hall–Kier alpha value is -1.88. The smallest absolute Gasteiger partial charge is 1.00 e. The second-order valence-corrected chi connectivity index (χ2v) is 11.8. The maximum Gasteiger partial charge on any atom is 1.00 e. The van der Waals surface area contributed by atoms with Crippen molar-refractivity contribution in [3.63, 3.8) is 0 Å². The Morgan fingerprint density at radius 2 is 1.20 bits per heavy atom. The van der Waals surface area contributed by atoms with Crippen molar-refractivity contribution in [2.45, 2.75) is 38.9 Å². The van der Waals surface area contributed by atoms with Gasteiger partial charge in [0.2, 0.25) is 0 Å². The summed E-state index contributed by atoms with van der Waals surface area (Å²) in [7, 11) is 0. The molecule has 3 fully saturated rings. The van der Waals surface area contributed by atoms with Crippen molar-refractivity contribution in [1.29, 1.82) is 0 Å². The summed E-state index contributed by atoms with van der Waals surface area (Å²) in [6, 6.07) is 11.5. The number of carbonyl (C=O) groups excluding carboxylic acids is 1. The van der Waals surface area contributed by atoms with Gasteiger partial charge in [-0.05, 0) is 51.1 Å². The van der Waals surface area contributed by atoms with Gasteiger partial charge in [0.05, 0.1) is 73.0 Å². The number of hydrogen-bond donors (Lipinski definition) is 2. The van der Waals surface area contributed by atoms with Gasteiger partial charge in [0.1, 0.15) is 5.82 Å². The molecule has 3 heterocycles. The summed E-state index contributed by atoms with van der Waals surface area (Å²) in [5.41, 5.74) is 6.29. The molecule has 3 atom stereocenters. The number of nitrogens with zero attached hydrogens (tertiary/aromatic N) is 4. The summed E-state index contributed by atoms with van der Waals surface area (Å²) in [5, 5.41) is 32.2. The first-order valence-electron chi connectivity index (χ1n) is 16.5. The van der Waals surface area contributed by atoms with Crippen LogP contribution in [0.15, 0.2) is 54.6 Å². The van der Waals surface area contributed by atoms with Crippen LogP contribution in [-0.4, -0.2) is 93.7 Å². The van der Waals surface area contributed by atoms with Crippen molar-refractivity contribution in [3.05, 3.63) is 98.1 Å². The monoisotopic (exact) mass is 850 g/mol. The molecule has 0 saturated carbocycles. The van der Waals surface area contributed by atoms with Gasteiger partial charge in [-0.3, -0.25) is 25.0 Å². The second kappa shape index (κ2) is 29.4. The third kappa shape index (κ3) is 19.2. The van der Waals surface area contributed by atoms with Gasteiger partial charge in [-0.15, -0.1) is 0 Å². The molecule has 16 nitrogen and oxygen atoms in total. The Morgan fingerprint density at radius 1 is 0.750 bits per heavy atom. The predicted octanol–water partition coefficient (Wildman–Crippen LogP) is -1.99. The van der Waals surface area contributed by atoms with E-state index in [1.165, 1.54) is 18.2 Å². The number of hydrogen-bond acceptors (Lipinski definition) is 14. The molecule has 22 heteroatoms. The second-order valence-electron chi connectivity index (χ2n) is 11.8. The van der Waals surface area contributed by atoms with E-state index in [4.69, 9.17) is 30.0 Å². The largest absolute Gasteiger partial charge is 1.00 e. The minimum atomic E-state index is -1.21. The molecule has 0 unspecified atom stereocenters. The number of non-ortho nitro benzene ring substituents is 2. The molecule has 3 aliphatic rings. The number of ether oxygens (including phenoxy) is 3. The fourth-order valence-corrected chi connectivity index (χ4v) is 5.06. The average molecular weight is 851 g/mol. The fraction of sp³-hybridized carbons (Fsp3) is 0.441. The van der Waals surface area contributed by atoms with E-state index in [9.17, 15) is 37.8 Å². The Labute approximate surface area is 407 Å². The third-order valence-corrected chi connectivity index (χ3v) is 7.73. The maximum absolute atomic E-state index is 13.8. The van der Waals surface area contributed by atoms with Crippen LogP contribution in [0.3, 0.4) is 0 Å². The minimum absolute atomic E-state index is 0. The van der Waals surface area contributed by atoms with Gasteiger partial charge in [0.15, 0.2) is 17.5 Å². The molecule has 0 radical (unpaired) electrons. The molecule has 6 rings (SSSR count). The summed E-state index contributed by atoms with van der Waals surface area (Å²) >= 11 is 0. The molecule has 0 spiro atoms. The molecular formula is C34H44F4K2N6O10. The van der Waals surface area contributed by atoms with E-state index in [0.29, 0.717) is 68.2 Å². The molecule has 0 aromatic heterocycles. The molecule has 3 N–H and O–H groups in total. The summed E-state index contributed by atoms with van der Waals surface area (Å²) < 4.78 is 67.5. The van der Waals surface area contributed by atoms with Crippen LogP contribution in [0, 0.1) is 43.5 Å². The molecule has 3 saturated heterocycles. The van der Waals surface area contributed by atoms with Gasteiger partial charge in [-0.2, -0.15) is 0 Å². The third-order valence-electron chi connectivity index (χ3n) is 7.73. The van der Waals surface area contributed by atoms with Crippen LogP contribution < -0.4 is 129 Å². The topological polar surface area (TPSA) is 208 Å². The number of halogens is 4. The molecule has 300 valence electrons. The van der Waals surface area contributed by atoms with Gasteiger partial charge in [-0.25, -0.2) is 17.6 Å². The van der Waals surface area contributed by atoms with Crippen molar-refractivity contribution < 1.29 is 161 Å². The van der Waals surface area contributed by atoms with Crippen LogP contribution in [0.25, 0.3) is 0 Å². The van der Waals surface area contributed by atoms with Gasteiger partial charge in [0.25, 0.3) is 17.8 Å². The number of benzene rings is 3. The van der Waals surface area contributed by atoms with E-state index in [1.807, 2.05) is 23.6 Å². The van der Waals surface area contributed by atoms with Crippen molar-refractivity contribution in [1.82, 2.24) is 5.32 Å². The minimum Gasteiger partial charge on any atom is -1.00 e. The predicted molar refractivity (Wildman–Crippen MR) is 189 cm³/mol. The van der Waals surface area contributed by atoms with E-state index < -0.39 is 33.0 Å². The summed E-state index contributed by atoms with van der Waals surface area (Å²) in [5.74, 6) is -3.12. The molecular weight excluding hydrogens is 807 g/mol. The van der Waals surface area contributed by atoms with E-state index >= 15 is 0 Å². The normalized spacial score (nSPS) is 18.4. The van der Waals surface area contributed by atoms with Gasteiger partial charge in [-0.1, -0.05) is 0 Å². The number of carbonyl (C=O) groups is 1.